The molecule has 1 aromatic rings. The minimum absolute atomic E-state index is 0.0622. The van der Waals surface area contributed by atoms with Gasteiger partial charge in [0.1, 0.15) is 0 Å². The zero-order chi connectivity index (χ0) is 13.5. The first kappa shape index (κ1) is 14.2. The molecule has 0 heterocycles. The fourth-order valence-electron chi connectivity index (χ4n) is 1.71. The summed E-state index contributed by atoms with van der Waals surface area (Å²) in [6, 6.07) is 6.81. The van der Waals surface area contributed by atoms with Crippen LogP contribution in [0.15, 0.2) is 24.3 Å². The Labute approximate surface area is 106 Å². The number of hydrogen-bond acceptors (Lipinski definition) is 3. The maximum Gasteiger partial charge on any atom is 0.336 e. The maximum absolute atomic E-state index is 11.4. The molecule has 0 atom stereocenters. The van der Waals surface area contributed by atoms with Gasteiger partial charge in [-0.25, -0.2) is 4.79 Å². The van der Waals surface area contributed by atoms with Gasteiger partial charge in [0.2, 0.25) is 5.91 Å². The number of benzene rings is 1. The molecule has 0 radical (unpaired) electrons. The Morgan fingerprint density at radius 2 is 2.00 bits per heavy atom. The molecule has 5 nitrogen and oxygen atoms in total. The van der Waals surface area contributed by atoms with Gasteiger partial charge in [0.25, 0.3) is 0 Å². The summed E-state index contributed by atoms with van der Waals surface area (Å²) in [5.74, 6) is -1.01. The van der Waals surface area contributed by atoms with E-state index in [1.807, 2.05) is 6.92 Å². The van der Waals surface area contributed by atoms with Gasteiger partial charge in [-0.2, -0.15) is 0 Å². The number of rotatable bonds is 6. The summed E-state index contributed by atoms with van der Waals surface area (Å²) >= 11 is 0. The molecule has 1 rings (SSSR count). The van der Waals surface area contributed by atoms with Gasteiger partial charge >= 0.3 is 5.97 Å². The smallest absolute Gasteiger partial charge is 0.336 e. The van der Waals surface area contributed by atoms with Crippen molar-refractivity contribution in [3.8, 4) is 0 Å². The summed E-state index contributed by atoms with van der Waals surface area (Å²) in [6.07, 6.45) is 0. The first-order valence-corrected chi connectivity index (χ1v) is 5.81. The molecule has 0 aliphatic carbocycles. The molecule has 1 amide bonds. The molecule has 2 N–H and O–H groups in total. The van der Waals surface area contributed by atoms with Crippen molar-refractivity contribution in [1.29, 1.82) is 0 Å². The number of aromatic carboxylic acids is 1. The quantitative estimate of drug-likeness (QED) is 0.788. The van der Waals surface area contributed by atoms with Crippen LogP contribution in [0.25, 0.3) is 0 Å². The number of nitrogens with one attached hydrogen (secondary N) is 1. The van der Waals surface area contributed by atoms with Crippen LogP contribution < -0.4 is 5.32 Å². The third kappa shape index (κ3) is 4.18. The van der Waals surface area contributed by atoms with E-state index in [9.17, 15) is 9.59 Å². The largest absolute Gasteiger partial charge is 0.478 e. The minimum Gasteiger partial charge on any atom is -0.478 e. The topological polar surface area (TPSA) is 69.6 Å². The normalized spacial score (nSPS) is 10.4. The van der Waals surface area contributed by atoms with Gasteiger partial charge < -0.3 is 10.4 Å². The minimum atomic E-state index is -0.947. The summed E-state index contributed by atoms with van der Waals surface area (Å²) in [4.78, 5) is 24.2. The van der Waals surface area contributed by atoms with Crippen molar-refractivity contribution in [2.24, 2.45) is 0 Å². The van der Waals surface area contributed by atoms with E-state index >= 15 is 0 Å². The lowest BCUT2D eigenvalue weighted by Gasteiger charge is -2.17. The third-order valence-corrected chi connectivity index (χ3v) is 2.48. The number of carboxylic acid groups (broad SMARTS) is 1. The van der Waals surface area contributed by atoms with Crippen molar-refractivity contribution in [2.75, 3.05) is 20.1 Å². The molecule has 0 saturated carbocycles. The molecule has 0 saturated heterocycles. The zero-order valence-corrected chi connectivity index (χ0v) is 10.6. The van der Waals surface area contributed by atoms with E-state index in [-0.39, 0.29) is 18.0 Å². The molecule has 0 spiro atoms. The lowest BCUT2D eigenvalue weighted by atomic mass is 10.1. The molecule has 0 aliphatic rings. The zero-order valence-electron chi connectivity index (χ0n) is 10.6. The van der Waals surface area contributed by atoms with Gasteiger partial charge in [0.05, 0.1) is 12.1 Å². The molecule has 98 valence electrons. The number of carbonyl (C=O) groups excluding carboxylic acids is 1. The van der Waals surface area contributed by atoms with Crippen LogP contribution in [0.3, 0.4) is 0 Å². The van der Waals surface area contributed by atoms with E-state index in [0.717, 1.165) is 0 Å². The van der Waals surface area contributed by atoms with Gasteiger partial charge in [0, 0.05) is 13.1 Å². The van der Waals surface area contributed by atoms with Gasteiger partial charge in [-0.3, -0.25) is 9.69 Å². The highest BCUT2D eigenvalue weighted by Crippen LogP contribution is 2.10. The lowest BCUT2D eigenvalue weighted by molar-refractivity contribution is -0.121. The van der Waals surface area contributed by atoms with E-state index in [2.05, 4.69) is 5.32 Å². The number of hydrogen-bond donors (Lipinski definition) is 2. The third-order valence-electron chi connectivity index (χ3n) is 2.48. The number of amides is 1. The second kappa shape index (κ2) is 6.76. The fraction of sp³-hybridized carbons (Fsp3) is 0.385. The molecule has 0 aromatic heterocycles. The van der Waals surface area contributed by atoms with Crippen LogP contribution in [-0.4, -0.2) is 42.0 Å². The Hall–Kier alpha value is -1.88. The van der Waals surface area contributed by atoms with Gasteiger partial charge in [-0.15, -0.1) is 0 Å². The monoisotopic (exact) mass is 250 g/mol. The van der Waals surface area contributed by atoms with Crippen LogP contribution in [0, 0.1) is 0 Å². The summed E-state index contributed by atoms with van der Waals surface area (Å²) < 4.78 is 0. The molecule has 0 unspecified atom stereocenters. The predicted octanol–water partition coefficient (Wildman–Crippen LogP) is 0.953. The maximum atomic E-state index is 11.4. The Balaban J connectivity index is 2.67. The fourth-order valence-corrected chi connectivity index (χ4v) is 1.71. The molecule has 5 heteroatoms. The Morgan fingerprint density at radius 3 is 2.61 bits per heavy atom. The first-order chi connectivity index (χ1) is 8.54. The lowest BCUT2D eigenvalue weighted by Crippen LogP contribution is -2.34. The number of carbonyl (C=O) groups is 2. The van der Waals surface area contributed by atoms with Crippen molar-refractivity contribution in [2.45, 2.75) is 13.5 Å². The van der Waals surface area contributed by atoms with E-state index < -0.39 is 5.97 Å². The van der Waals surface area contributed by atoms with Crippen LogP contribution in [0.5, 0.6) is 0 Å². The second-order valence-corrected chi connectivity index (χ2v) is 4.09. The average molecular weight is 250 g/mol. The van der Waals surface area contributed by atoms with Gasteiger partial charge in [0.15, 0.2) is 0 Å². The standard InChI is InChI=1S/C13H18N2O3/c1-3-14-12(16)9-15(2)8-10-6-4-5-7-11(10)13(17)18/h4-7H,3,8-9H2,1-2H3,(H,14,16)(H,17,18). The van der Waals surface area contributed by atoms with Crippen molar-refractivity contribution < 1.29 is 14.7 Å². The van der Waals surface area contributed by atoms with Crippen molar-refractivity contribution >= 4 is 11.9 Å². The Kier molecular flexibility index (Phi) is 5.32. The van der Waals surface area contributed by atoms with Crippen LogP contribution in [0.2, 0.25) is 0 Å². The Morgan fingerprint density at radius 1 is 1.33 bits per heavy atom. The van der Waals surface area contributed by atoms with Gasteiger partial charge in [-0.05, 0) is 25.6 Å². The van der Waals surface area contributed by atoms with Gasteiger partial charge in [-0.1, -0.05) is 18.2 Å². The number of nitrogens with zero attached hydrogens (tertiary/aromatic N) is 1. The van der Waals surface area contributed by atoms with E-state index in [4.69, 9.17) is 5.11 Å². The molecule has 0 aliphatic heterocycles. The molecule has 1 aromatic carbocycles. The molecular formula is C13H18N2O3. The summed E-state index contributed by atoms with van der Waals surface area (Å²) in [5.41, 5.74) is 0.983. The summed E-state index contributed by atoms with van der Waals surface area (Å²) in [7, 11) is 1.79. The first-order valence-electron chi connectivity index (χ1n) is 5.81. The second-order valence-electron chi connectivity index (χ2n) is 4.09. The molecule has 0 bridgehead atoms. The van der Waals surface area contributed by atoms with Crippen molar-refractivity contribution in [1.82, 2.24) is 10.2 Å². The van der Waals surface area contributed by atoms with Crippen LogP contribution in [0.1, 0.15) is 22.8 Å². The highest BCUT2D eigenvalue weighted by molar-refractivity contribution is 5.89. The Bertz CT molecular complexity index is 432. The number of likely N-dealkylation sites (N-methyl/N-ethyl adjacent to an activating group) is 2. The van der Waals surface area contributed by atoms with Crippen LogP contribution >= 0.6 is 0 Å². The van der Waals surface area contributed by atoms with Crippen LogP contribution in [-0.2, 0) is 11.3 Å². The number of carboxylic acids is 1. The highest BCUT2D eigenvalue weighted by atomic mass is 16.4. The molecular weight excluding hydrogens is 232 g/mol. The van der Waals surface area contributed by atoms with Crippen LogP contribution in [0.4, 0.5) is 0 Å². The van der Waals surface area contributed by atoms with E-state index in [1.54, 1.807) is 36.2 Å². The predicted molar refractivity (Wildman–Crippen MR) is 68.4 cm³/mol. The van der Waals surface area contributed by atoms with Crippen molar-refractivity contribution in [3.63, 3.8) is 0 Å². The molecule has 18 heavy (non-hydrogen) atoms. The SMILES string of the molecule is CCNC(=O)CN(C)Cc1ccccc1C(=O)O. The van der Waals surface area contributed by atoms with E-state index in [1.165, 1.54) is 0 Å². The van der Waals surface area contributed by atoms with E-state index in [0.29, 0.717) is 18.7 Å². The molecule has 0 fully saturated rings. The van der Waals surface area contributed by atoms with Crippen molar-refractivity contribution in [3.05, 3.63) is 35.4 Å². The summed E-state index contributed by atoms with van der Waals surface area (Å²) in [5, 5.41) is 11.7. The average Bonchev–Trinajstić information content (AvgIpc) is 2.29. The summed E-state index contributed by atoms with van der Waals surface area (Å²) in [6.45, 7) is 3.14. The highest BCUT2D eigenvalue weighted by Gasteiger charge is 2.12.